The molecule has 3 nitrogen and oxygen atoms in total. The van der Waals surface area contributed by atoms with E-state index in [1.807, 2.05) is 49.4 Å². The molecule has 1 amide bonds. The Morgan fingerprint density at radius 3 is 2.50 bits per heavy atom. The van der Waals surface area contributed by atoms with Gasteiger partial charge < -0.3 is 10.1 Å². The number of hydrogen-bond donors (Lipinski definition) is 1. The van der Waals surface area contributed by atoms with Crippen molar-refractivity contribution >= 4 is 23.4 Å². The summed E-state index contributed by atoms with van der Waals surface area (Å²) >= 11 is 1.63. The van der Waals surface area contributed by atoms with Crippen molar-refractivity contribution in [1.29, 1.82) is 0 Å². The molecule has 0 aliphatic heterocycles. The lowest BCUT2D eigenvalue weighted by Crippen LogP contribution is -2.14. The first kappa shape index (κ1) is 18.4. The van der Waals surface area contributed by atoms with Crippen molar-refractivity contribution in [3.05, 3.63) is 59.2 Å². The number of thioether (sulfide) groups is 1. The van der Waals surface area contributed by atoms with Gasteiger partial charge in [-0.1, -0.05) is 23.8 Å². The minimum Gasteiger partial charge on any atom is -0.494 e. The van der Waals surface area contributed by atoms with Crippen molar-refractivity contribution in [3.63, 3.8) is 0 Å². The van der Waals surface area contributed by atoms with Crippen LogP contribution in [0.25, 0.3) is 0 Å². The lowest BCUT2D eigenvalue weighted by molar-refractivity contribution is -0.113. The third-order valence-electron chi connectivity index (χ3n) is 3.75. The molecule has 0 aliphatic carbocycles. The Balaban J connectivity index is 1.59. The zero-order valence-electron chi connectivity index (χ0n) is 14.6. The van der Waals surface area contributed by atoms with Crippen LogP contribution in [0, 0.1) is 20.8 Å². The number of carbonyl (C=O) groups excluding carboxylic acids is 1. The minimum absolute atomic E-state index is 0.0442. The van der Waals surface area contributed by atoms with Crippen LogP contribution in [0.15, 0.2) is 42.5 Å². The van der Waals surface area contributed by atoms with Gasteiger partial charge in [0.15, 0.2) is 0 Å². The molecule has 0 aromatic heterocycles. The van der Waals surface area contributed by atoms with Crippen LogP contribution in [0.4, 0.5) is 5.69 Å². The number of nitrogens with one attached hydrogen (secondary N) is 1. The summed E-state index contributed by atoms with van der Waals surface area (Å²) in [7, 11) is 0. The summed E-state index contributed by atoms with van der Waals surface area (Å²) in [5.41, 5.74) is 4.52. The summed E-state index contributed by atoms with van der Waals surface area (Å²) in [6.07, 6.45) is 0.926. The Hall–Kier alpha value is -1.94. The van der Waals surface area contributed by atoms with Crippen molar-refractivity contribution in [2.24, 2.45) is 0 Å². The highest BCUT2D eigenvalue weighted by atomic mass is 32.2. The van der Waals surface area contributed by atoms with E-state index in [0.717, 1.165) is 23.6 Å². The Labute approximate surface area is 148 Å². The maximum absolute atomic E-state index is 11.9. The lowest BCUT2D eigenvalue weighted by Gasteiger charge is -2.08. The molecule has 0 fully saturated rings. The topological polar surface area (TPSA) is 38.3 Å². The maximum Gasteiger partial charge on any atom is 0.234 e. The predicted molar refractivity (Wildman–Crippen MR) is 103 cm³/mol. The Morgan fingerprint density at radius 2 is 1.79 bits per heavy atom. The molecule has 0 saturated carbocycles. The number of hydrogen-bond acceptors (Lipinski definition) is 3. The summed E-state index contributed by atoms with van der Waals surface area (Å²) in [6.45, 7) is 6.85. The van der Waals surface area contributed by atoms with Gasteiger partial charge in [-0.25, -0.2) is 0 Å². The highest BCUT2D eigenvalue weighted by Gasteiger charge is 2.03. The third-order valence-corrected chi connectivity index (χ3v) is 4.79. The molecule has 0 unspecified atom stereocenters. The molecule has 2 aromatic rings. The van der Waals surface area contributed by atoms with Crippen LogP contribution < -0.4 is 10.1 Å². The van der Waals surface area contributed by atoms with Gasteiger partial charge >= 0.3 is 0 Å². The molecule has 0 bridgehead atoms. The number of benzene rings is 2. The molecule has 24 heavy (non-hydrogen) atoms. The summed E-state index contributed by atoms with van der Waals surface area (Å²) in [5.74, 6) is 2.32. The molecule has 2 rings (SSSR count). The predicted octanol–water partition coefficient (Wildman–Crippen LogP) is 4.75. The summed E-state index contributed by atoms with van der Waals surface area (Å²) in [5, 5.41) is 2.94. The van der Waals surface area contributed by atoms with E-state index in [0.29, 0.717) is 12.4 Å². The van der Waals surface area contributed by atoms with Gasteiger partial charge in [-0.05, 0) is 68.3 Å². The van der Waals surface area contributed by atoms with E-state index >= 15 is 0 Å². The van der Waals surface area contributed by atoms with Gasteiger partial charge in [0.05, 0.1) is 12.4 Å². The van der Waals surface area contributed by atoms with Crippen LogP contribution in [0.1, 0.15) is 23.1 Å². The zero-order valence-corrected chi connectivity index (χ0v) is 15.4. The molecule has 0 spiro atoms. The van der Waals surface area contributed by atoms with Crippen LogP contribution in [0.2, 0.25) is 0 Å². The van der Waals surface area contributed by atoms with E-state index in [4.69, 9.17) is 4.74 Å². The second-order valence-electron chi connectivity index (χ2n) is 5.91. The van der Waals surface area contributed by atoms with Gasteiger partial charge in [0, 0.05) is 5.69 Å². The highest BCUT2D eigenvalue weighted by Crippen LogP contribution is 2.15. The molecule has 4 heteroatoms. The van der Waals surface area contributed by atoms with E-state index in [2.05, 4.69) is 19.2 Å². The summed E-state index contributed by atoms with van der Waals surface area (Å²) in [6, 6.07) is 14.0. The van der Waals surface area contributed by atoms with Crippen molar-refractivity contribution in [2.75, 3.05) is 23.4 Å². The third kappa shape index (κ3) is 6.28. The molecule has 0 heterocycles. The van der Waals surface area contributed by atoms with Crippen LogP contribution in [-0.2, 0) is 4.79 Å². The number of aryl methyl sites for hydroxylation is 3. The Bertz CT molecular complexity index is 668. The quantitative estimate of drug-likeness (QED) is 0.703. The zero-order chi connectivity index (χ0) is 17.4. The molecule has 0 atom stereocenters. The first-order valence-corrected chi connectivity index (χ1v) is 9.34. The van der Waals surface area contributed by atoms with Crippen molar-refractivity contribution in [1.82, 2.24) is 0 Å². The van der Waals surface area contributed by atoms with Gasteiger partial charge in [-0.15, -0.1) is 0 Å². The average Bonchev–Trinajstić information content (AvgIpc) is 2.56. The van der Waals surface area contributed by atoms with Gasteiger partial charge in [-0.3, -0.25) is 4.79 Å². The lowest BCUT2D eigenvalue weighted by atomic mass is 10.1. The molecule has 128 valence electrons. The summed E-state index contributed by atoms with van der Waals surface area (Å²) < 4.78 is 5.67. The molecular weight excluding hydrogens is 318 g/mol. The van der Waals surface area contributed by atoms with E-state index in [-0.39, 0.29) is 5.91 Å². The van der Waals surface area contributed by atoms with E-state index < -0.39 is 0 Å². The summed E-state index contributed by atoms with van der Waals surface area (Å²) in [4.78, 5) is 11.9. The number of anilines is 1. The van der Waals surface area contributed by atoms with Crippen molar-refractivity contribution in [3.8, 4) is 5.75 Å². The molecule has 0 saturated heterocycles. The fourth-order valence-electron chi connectivity index (χ4n) is 2.17. The standard InChI is InChI=1S/C20H25NO2S/c1-15-5-9-19(10-6-15)23-11-4-12-24-14-20(22)21-18-8-7-16(2)17(3)13-18/h5-10,13H,4,11-12,14H2,1-3H3,(H,21,22). The second kappa shape index (κ2) is 9.38. The molecule has 0 aliphatic rings. The monoisotopic (exact) mass is 343 g/mol. The van der Waals surface area contributed by atoms with Crippen molar-refractivity contribution in [2.45, 2.75) is 27.2 Å². The molecular formula is C20H25NO2S. The van der Waals surface area contributed by atoms with E-state index in [1.54, 1.807) is 11.8 Å². The smallest absolute Gasteiger partial charge is 0.234 e. The van der Waals surface area contributed by atoms with Crippen LogP contribution in [0.3, 0.4) is 0 Å². The van der Waals surface area contributed by atoms with Gasteiger partial charge in [0.1, 0.15) is 5.75 Å². The number of ether oxygens (including phenoxy) is 1. The van der Waals surface area contributed by atoms with Crippen molar-refractivity contribution < 1.29 is 9.53 Å². The second-order valence-corrected chi connectivity index (χ2v) is 7.02. The SMILES string of the molecule is Cc1ccc(OCCCSCC(=O)Nc2ccc(C)c(C)c2)cc1. The molecule has 0 radical (unpaired) electrons. The number of carbonyl (C=O) groups is 1. The normalized spacial score (nSPS) is 10.5. The Kier molecular flexibility index (Phi) is 7.19. The van der Waals surface area contributed by atoms with E-state index in [1.165, 1.54) is 16.7 Å². The first-order valence-electron chi connectivity index (χ1n) is 8.19. The minimum atomic E-state index is 0.0442. The highest BCUT2D eigenvalue weighted by molar-refractivity contribution is 7.99. The molecule has 2 aromatic carbocycles. The van der Waals surface area contributed by atoms with Crippen LogP contribution in [0.5, 0.6) is 5.75 Å². The number of amides is 1. The number of rotatable bonds is 8. The average molecular weight is 343 g/mol. The fourth-order valence-corrected chi connectivity index (χ4v) is 2.89. The van der Waals surface area contributed by atoms with Gasteiger partial charge in [0.25, 0.3) is 0 Å². The van der Waals surface area contributed by atoms with Crippen LogP contribution in [-0.4, -0.2) is 24.0 Å². The fraction of sp³-hybridized carbons (Fsp3) is 0.350. The largest absolute Gasteiger partial charge is 0.494 e. The van der Waals surface area contributed by atoms with E-state index in [9.17, 15) is 4.79 Å². The van der Waals surface area contributed by atoms with Gasteiger partial charge in [-0.2, -0.15) is 11.8 Å². The first-order chi connectivity index (χ1) is 11.5. The molecule has 1 N–H and O–H groups in total. The van der Waals surface area contributed by atoms with Gasteiger partial charge in [0.2, 0.25) is 5.91 Å². The Morgan fingerprint density at radius 1 is 1.04 bits per heavy atom. The van der Waals surface area contributed by atoms with Crippen LogP contribution >= 0.6 is 11.8 Å². The maximum atomic E-state index is 11.9.